The molecule has 1 aliphatic carbocycles. The van der Waals surface area contributed by atoms with E-state index in [4.69, 9.17) is 0 Å². The number of aliphatic hydroxyl groups is 1. The first kappa shape index (κ1) is 13.3. The molecule has 5 nitrogen and oxygen atoms in total. The van der Waals surface area contributed by atoms with Gasteiger partial charge in [0.15, 0.2) is 0 Å². The first-order chi connectivity index (χ1) is 10.2. The van der Waals surface area contributed by atoms with Crippen LogP contribution in [0.5, 0.6) is 0 Å². The van der Waals surface area contributed by atoms with Crippen molar-refractivity contribution < 1.29 is 9.90 Å². The number of nitrogens with zero attached hydrogens (tertiary/aromatic N) is 2. The van der Waals surface area contributed by atoms with Crippen molar-refractivity contribution in [1.29, 1.82) is 0 Å². The lowest BCUT2D eigenvalue weighted by Crippen LogP contribution is -2.64. The van der Waals surface area contributed by atoms with Gasteiger partial charge in [-0.2, -0.15) is 0 Å². The fourth-order valence-electron chi connectivity index (χ4n) is 3.78. The molecule has 2 aliphatic heterocycles. The maximum atomic E-state index is 12.7. The van der Waals surface area contributed by atoms with E-state index in [2.05, 4.69) is 9.88 Å². The molecular weight excluding hydrogens is 266 g/mol. The Balaban J connectivity index is 1.47. The van der Waals surface area contributed by atoms with Crippen molar-refractivity contribution in [3.63, 3.8) is 0 Å². The highest BCUT2D eigenvalue weighted by atomic mass is 16.3. The van der Waals surface area contributed by atoms with Crippen molar-refractivity contribution in [2.45, 2.75) is 37.3 Å². The molecule has 0 spiro atoms. The molecular formula is C16H23N3O2. The predicted molar refractivity (Wildman–Crippen MR) is 79.2 cm³/mol. The van der Waals surface area contributed by atoms with E-state index in [0.717, 1.165) is 44.5 Å². The molecule has 0 radical (unpaired) electrons. The highest BCUT2D eigenvalue weighted by Crippen LogP contribution is 2.44. The number of nitrogens with one attached hydrogen (secondary N) is 1. The number of likely N-dealkylation sites (tertiary alicyclic amines) is 1. The maximum absolute atomic E-state index is 12.7. The molecule has 1 aromatic rings. The molecule has 0 aromatic carbocycles. The van der Waals surface area contributed by atoms with E-state index in [1.165, 1.54) is 0 Å². The third-order valence-corrected chi connectivity index (χ3v) is 5.25. The van der Waals surface area contributed by atoms with Gasteiger partial charge in [-0.1, -0.05) is 0 Å². The fourth-order valence-corrected chi connectivity index (χ4v) is 3.78. The molecule has 114 valence electrons. The smallest absolute Gasteiger partial charge is 0.270 e. The SMILES string of the molecule is O=C(c1cccn1C1CCNCC1)N1CC(O)(C2CC2)C1. The zero-order chi connectivity index (χ0) is 14.4. The third-order valence-electron chi connectivity index (χ3n) is 5.25. The van der Waals surface area contributed by atoms with E-state index in [-0.39, 0.29) is 5.91 Å². The van der Waals surface area contributed by atoms with Crippen LogP contribution in [0.2, 0.25) is 0 Å². The zero-order valence-electron chi connectivity index (χ0n) is 12.3. The lowest BCUT2D eigenvalue weighted by atomic mass is 9.88. The standard InChI is InChI=1S/C16H23N3O2/c20-15(18-10-16(21,11-18)12-3-4-12)14-2-1-9-19(14)13-5-7-17-8-6-13/h1-2,9,12-13,17,21H,3-8,10-11H2. The largest absolute Gasteiger partial charge is 0.386 e. The average Bonchev–Trinajstić information content (AvgIpc) is 3.22. The summed E-state index contributed by atoms with van der Waals surface area (Å²) < 4.78 is 2.14. The number of carbonyl (C=O) groups excluding carboxylic acids is 1. The van der Waals surface area contributed by atoms with Gasteiger partial charge in [0.05, 0.1) is 13.1 Å². The van der Waals surface area contributed by atoms with E-state index in [9.17, 15) is 9.90 Å². The topological polar surface area (TPSA) is 57.5 Å². The summed E-state index contributed by atoms with van der Waals surface area (Å²) in [6, 6.07) is 4.30. The summed E-state index contributed by atoms with van der Waals surface area (Å²) in [5.74, 6) is 0.501. The van der Waals surface area contributed by atoms with Crippen LogP contribution in [0, 0.1) is 5.92 Å². The molecule has 2 saturated heterocycles. The number of carbonyl (C=O) groups is 1. The summed E-state index contributed by atoms with van der Waals surface area (Å²) in [5, 5.41) is 13.7. The maximum Gasteiger partial charge on any atom is 0.270 e. The second-order valence-electron chi connectivity index (χ2n) is 6.82. The molecule has 3 aliphatic rings. The Morgan fingerprint density at radius 1 is 1.24 bits per heavy atom. The molecule has 1 saturated carbocycles. The van der Waals surface area contributed by atoms with Crippen LogP contribution < -0.4 is 5.32 Å². The number of piperidine rings is 1. The fraction of sp³-hybridized carbons (Fsp3) is 0.688. The first-order valence-corrected chi connectivity index (χ1v) is 8.07. The van der Waals surface area contributed by atoms with Crippen LogP contribution in [0.3, 0.4) is 0 Å². The van der Waals surface area contributed by atoms with Gasteiger partial charge in [-0.25, -0.2) is 0 Å². The number of aromatic nitrogens is 1. The highest BCUT2D eigenvalue weighted by Gasteiger charge is 2.53. The molecule has 1 amide bonds. The third kappa shape index (κ3) is 2.28. The summed E-state index contributed by atoms with van der Waals surface area (Å²) in [7, 11) is 0. The zero-order valence-corrected chi connectivity index (χ0v) is 12.3. The average molecular weight is 289 g/mol. The second kappa shape index (κ2) is 4.85. The molecule has 21 heavy (non-hydrogen) atoms. The molecule has 1 aromatic heterocycles. The number of amides is 1. The molecule has 3 heterocycles. The Morgan fingerprint density at radius 3 is 2.62 bits per heavy atom. The van der Waals surface area contributed by atoms with Crippen molar-refractivity contribution >= 4 is 5.91 Å². The first-order valence-electron chi connectivity index (χ1n) is 8.07. The summed E-state index contributed by atoms with van der Waals surface area (Å²) in [4.78, 5) is 14.5. The Hall–Kier alpha value is -1.33. The van der Waals surface area contributed by atoms with E-state index in [1.54, 1.807) is 4.90 Å². The van der Waals surface area contributed by atoms with Crippen LogP contribution in [0.15, 0.2) is 18.3 Å². The van der Waals surface area contributed by atoms with Crippen LogP contribution in [-0.4, -0.2) is 52.3 Å². The van der Waals surface area contributed by atoms with Gasteiger partial charge in [-0.15, -0.1) is 0 Å². The number of hydrogen-bond acceptors (Lipinski definition) is 3. The van der Waals surface area contributed by atoms with Gasteiger partial charge < -0.3 is 19.9 Å². The van der Waals surface area contributed by atoms with Crippen molar-refractivity contribution in [2.24, 2.45) is 5.92 Å². The van der Waals surface area contributed by atoms with Crippen LogP contribution in [0.25, 0.3) is 0 Å². The molecule has 5 heteroatoms. The van der Waals surface area contributed by atoms with E-state index < -0.39 is 5.60 Å². The van der Waals surface area contributed by atoms with Gasteiger partial charge in [0.25, 0.3) is 5.91 Å². The molecule has 3 fully saturated rings. The van der Waals surface area contributed by atoms with Crippen molar-refractivity contribution in [3.05, 3.63) is 24.0 Å². The van der Waals surface area contributed by atoms with Gasteiger partial charge in [-0.3, -0.25) is 4.79 Å². The minimum atomic E-state index is -0.595. The van der Waals surface area contributed by atoms with Crippen molar-refractivity contribution in [3.8, 4) is 0 Å². The van der Waals surface area contributed by atoms with Crippen molar-refractivity contribution in [2.75, 3.05) is 26.2 Å². The Labute approximate surface area is 124 Å². The van der Waals surface area contributed by atoms with Gasteiger partial charge in [0, 0.05) is 12.2 Å². The predicted octanol–water partition coefficient (Wildman–Crippen LogP) is 1.01. The van der Waals surface area contributed by atoms with E-state index >= 15 is 0 Å². The monoisotopic (exact) mass is 289 g/mol. The highest BCUT2D eigenvalue weighted by molar-refractivity contribution is 5.93. The molecule has 2 N–H and O–H groups in total. The summed E-state index contributed by atoms with van der Waals surface area (Å²) in [5.41, 5.74) is 0.182. The number of β-amino-alcohol motifs (C(OH)–C–C–N with tert-alkyl or cyclic N) is 1. The Kier molecular flexibility index (Phi) is 3.08. The van der Waals surface area contributed by atoms with Crippen LogP contribution in [0.1, 0.15) is 42.2 Å². The Bertz CT molecular complexity index is 537. The summed E-state index contributed by atoms with van der Waals surface area (Å²) in [6.07, 6.45) is 6.39. The van der Waals surface area contributed by atoms with Gasteiger partial charge >= 0.3 is 0 Å². The van der Waals surface area contributed by atoms with Crippen LogP contribution in [0.4, 0.5) is 0 Å². The van der Waals surface area contributed by atoms with E-state index in [1.807, 2.05) is 18.3 Å². The lowest BCUT2D eigenvalue weighted by Gasteiger charge is -2.47. The molecule has 0 bridgehead atoms. The minimum Gasteiger partial charge on any atom is -0.386 e. The summed E-state index contributed by atoms with van der Waals surface area (Å²) in [6.45, 7) is 3.05. The van der Waals surface area contributed by atoms with Gasteiger partial charge in [-0.05, 0) is 56.8 Å². The quantitative estimate of drug-likeness (QED) is 0.873. The summed E-state index contributed by atoms with van der Waals surface area (Å²) >= 11 is 0. The Morgan fingerprint density at radius 2 is 1.95 bits per heavy atom. The van der Waals surface area contributed by atoms with Crippen LogP contribution >= 0.6 is 0 Å². The number of hydrogen-bond donors (Lipinski definition) is 2. The second-order valence-corrected chi connectivity index (χ2v) is 6.82. The van der Waals surface area contributed by atoms with Gasteiger partial charge in [0.2, 0.25) is 0 Å². The van der Waals surface area contributed by atoms with Crippen molar-refractivity contribution in [1.82, 2.24) is 14.8 Å². The molecule has 4 rings (SSSR count). The molecule has 0 unspecified atom stereocenters. The van der Waals surface area contributed by atoms with E-state index in [0.29, 0.717) is 25.0 Å². The minimum absolute atomic E-state index is 0.0730. The van der Waals surface area contributed by atoms with Gasteiger partial charge in [0.1, 0.15) is 11.3 Å². The number of rotatable bonds is 3. The van der Waals surface area contributed by atoms with Crippen LogP contribution in [-0.2, 0) is 0 Å². The lowest BCUT2D eigenvalue weighted by molar-refractivity contribution is -0.0961. The molecule has 0 atom stereocenters. The normalized spacial score (nSPS) is 25.7.